The number of hydrogen-bond donors (Lipinski definition) is 1. The van der Waals surface area contributed by atoms with Gasteiger partial charge in [-0.3, -0.25) is 0 Å². The average Bonchev–Trinajstić information content (AvgIpc) is 2.58. The van der Waals surface area contributed by atoms with E-state index in [1.165, 1.54) is 12.8 Å². The maximum absolute atomic E-state index is 5.35. The third kappa shape index (κ3) is 1.21. The van der Waals surface area contributed by atoms with Crippen LogP contribution in [-0.4, -0.2) is 15.0 Å². The Morgan fingerprint density at radius 2 is 2.30 bits per heavy atom. The van der Waals surface area contributed by atoms with E-state index in [4.69, 9.17) is 5.73 Å². The van der Waals surface area contributed by atoms with Gasteiger partial charge in [-0.05, 0) is 12.8 Å². The molecule has 0 saturated heterocycles. The summed E-state index contributed by atoms with van der Waals surface area (Å²) in [6.45, 7) is 0. The van der Waals surface area contributed by atoms with Crippen LogP contribution in [0.15, 0.2) is 6.20 Å². The lowest BCUT2D eigenvalue weighted by Crippen LogP contribution is -1.93. The molecule has 0 amide bonds. The molecule has 56 valence electrons. The second-order valence-electron chi connectivity index (χ2n) is 2.35. The molecule has 1 aromatic rings. The van der Waals surface area contributed by atoms with Crippen molar-refractivity contribution in [3.63, 3.8) is 0 Å². The Balaban J connectivity index is 0.000000500. The van der Waals surface area contributed by atoms with Gasteiger partial charge in [-0.25, -0.2) is 4.68 Å². The van der Waals surface area contributed by atoms with Gasteiger partial charge in [-0.2, -0.15) is 0 Å². The highest BCUT2D eigenvalue weighted by Crippen LogP contribution is 2.33. The topological polar surface area (TPSA) is 56.7 Å². The van der Waals surface area contributed by atoms with E-state index < -0.39 is 0 Å². The first-order valence-electron chi connectivity index (χ1n) is 3.03. The van der Waals surface area contributed by atoms with Crippen molar-refractivity contribution < 1.29 is 0 Å². The molecular weight excluding hydrogens is 152 g/mol. The fraction of sp³-hybridized carbons (Fsp3) is 0.600. The zero-order chi connectivity index (χ0) is 6.27. The van der Waals surface area contributed by atoms with Gasteiger partial charge in [0.15, 0.2) is 5.82 Å². The normalized spacial score (nSPS) is 16.4. The van der Waals surface area contributed by atoms with Gasteiger partial charge >= 0.3 is 0 Å². The van der Waals surface area contributed by atoms with E-state index in [1.807, 2.05) is 4.68 Å². The van der Waals surface area contributed by atoms with E-state index in [1.54, 1.807) is 6.20 Å². The molecule has 1 saturated carbocycles. The van der Waals surface area contributed by atoms with Crippen molar-refractivity contribution in [3.8, 4) is 0 Å². The van der Waals surface area contributed by atoms with Gasteiger partial charge in [-0.1, -0.05) is 5.21 Å². The molecule has 0 aliphatic heterocycles. The molecule has 1 aliphatic carbocycles. The third-order valence-electron chi connectivity index (χ3n) is 1.45. The standard InChI is InChI=1S/C5H8N4.ClH/c6-5-3-9(8-7-5)4-1-2-4;/h3-4H,1-2,6H2;1H. The van der Waals surface area contributed by atoms with Crippen LogP contribution in [0, 0.1) is 0 Å². The van der Waals surface area contributed by atoms with Crippen LogP contribution in [0.4, 0.5) is 5.82 Å². The first-order chi connectivity index (χ1) is 4.36. The lowest BCUT2D eigenvalue weighted by Gasteiger charge is -1.88. The van der Waals surface area contributed by atoms with Gasteiger partial charge in [0, 0.05) is 0 Å². The Labute approximate surface area is 64.8 Å². The molecule has 4 nitrogen and oxygen atoms in total. The van der Waals surface area contributed by atoms with E-state index in [9.17, 15) is 0 Å². The van der Waals surface area contributed by atoms with E-state index >= 15 is 0 Å². The molecule has 0 atom stereocenters. The van der Waals surface area contributed by atoms with Gasteiger partial charge in [0.05, 0.1) is 12.2 Å². The number of rotatable bonds is 1. The summed E-state index contributed by atoms with van der Waals surface area (Å²) in [6.07, 6.45) is 4.23. The SMILES string of the molecule is Cl.Nc1cn(C2CC2)nn1. The van der Waals surface area contributed by atoms with Crippen molar-refractivity contribution in [2.75, 3.05) is 5.73 Å². The van der Waals surface area contributed by atoms with E-state index in [0.717, 1.165) is 0 Å². The lowest BCUT2D eigenvalue weighted by molar-refractivity contribution is 0.610. The maximum Gasteiger partial charge on any atom is 0.165 e. The first kappa shape index (κ1) is 7.34. The maximum atomic E-state index is 5.35. The van der Waals surface area contributed by atoms with Crippen LogP contribution in [0.3, 0.4) is 0 Å². The zero-order valence-electron chi connectivity index (χ0n) is 5.40. The van der Waals surface area contributed by atoms with Crippen molar-refractivity contribution in [2.24, 2.45) is 0 Å². The van der Waals surface area contributed by atoms with Crippen LogP contribution in [0.2, 0.25) is 0 Å². The highest BCUT2D eigenvalue weighted by Gasteiger charge is 2.24. The molecular formula is C5H9ClN4. The van der Waals surface area contributed by atoms with Crippen LogP contribution in [0.5, 0.6) is 0 Å². The quantitative estimate of drug-likeness (QED) is 0.655. The van der Waals surface area contributed by atoms with Crippen LogP contribution in [0.1, 0.15) is 18.9 Å². The van der Waals surface area contributed by atoms with E-state index in [2.05, 4.69) is 10.3 Å². The molecule has 10 heavy (non-hydrogen) atoms. The minimum atomic E-state index is 0. The van der Waals surface area contributed by atoms with Crippen LogP contribution in [-0.2, 0) is 0 Å². The van der Waals surface area contributed by atoms with Crippen molar-refractivity contribution in [2.45, 2.75) is 18.9 Å². The second kappa shape index (κ2) is 2.46. The Kier molecular flexibility index (Phi) is 1.80. The molecule has 5 heteroatoms. The van der Waals surface area contributed by atoms with Crippen LogP contribution >= 0.6 is 12.4 Å². The lowest BCUT2D eigenvalue weighted by atomic mass is 10.7. The number of nitrogens with two attached hydrogens (primary N) is 1. The van der Waals surface area contributed by atoms with Gasteiger partial charge in [0.2, 0.25) is 0 Å². The minimum absolute atomic E-state index is 0. The van der Waals surface area contributed by atoms with Gasteiger partial charge in [0.25, 0.3) is 0 Å². The number of nitrogens with zero attached hydrogens (tertiary/aromatic N) is 3. The largest absolute Gasteiger partial charge is 0.381 e. The van der Waals surface area contributed by atoms with Crippen molar-refractivity contribution in [1.82, 2.24) is 15.0 Å². The molecule has 1 aliphatic rings. The van der Waals surface area contributed by atoms with Gasteiger partial charge < -0.3 is 5.73 Å². The molecule has 0 unspecified atom stereocenters. The number of anilines is 1. The fourth-order valence-electron chi connectivity index (χ4n) is 0.808. The number of hydrogen-bond acceptors (Lipinski definition) is 3. The highest BCUT2D eigenvalue weighted by atomic mass is 35.5. The van der Waals surface area contributed by atoms with Crippen molar-refractivity contribution >= 4 is 18.2 Å². The van der Waals surface area contributed by atoms with Crippen molar-refractivity contribution in [3.05, 3.63) is 6.20 Å². The molecule has 0 bridgehead atoms. The summed E-state index contributed by atoms with van der Waals surface area (Å²) in [4.78, 5) is 0. The monoisotopic (exact) mass is 160 g/mol. The molecule has 1 fully saturated rings. The summed E-state index contributed by atoms with van der Waals surface area (Å²) in [6, 6.07) is 0.592. The Morgan fingerprint density at radius 3 is 2.70 bits per heavy atom. The second-order valence-corrected chi connectivity index (χ2v) is 2.35. The first-order valence-corrected chi connectivity index (χ1v) is 3.03. The third-order valence-corrected chi connectivity index (χ3v) is 1.45. The summed E-state index contributed by atoms with van der Waals surface area (Å²) in [5, 5.41) is 7.49. The highest BCUT2D eigenvalue weighted by molar-refractivity contribution is 5.85. The molecule has 2 rings (SSSR count). The fourth-order valence-corrected chi connectivity index (χ4v) is 0.808. The van der Waals surface area contributed by atoms with Gasteiger partial charge in [0.1, 0.15) is 0 Å². The van der Waals surface area contributed by atoms with Gasteiger partial charge in [-0.15, -0.1) is 17.5 Å². The average molecular weight is 161 g/mol. The van der Waals surface area contributed by atoms with Crippen LogP contribution in [0.25, 0.3) is 0 Å². The molecule has 0 aromatic carbocycles. The predicted molar refractivity (Wildman–Crippen MR) is 40.0 cm³/mol. The molecule has 2 N–H and O–H groups in total. The summed E-state index contributed by atoms with van der Waals surface area (Å²) >= 11 is 0. The van der Waals surface area contributed by atoms with Crippen LogP contribution < -0.4 is 5.73 Å². The smallest absolute Gasteiger partial charge is 0.165 e. The van der Waals surface area contributed by atoms with Crippen molar-refractivity contribution in [1.29, 1.82) is 0 Å². The summed E-state index contributed by atoms with van der Waals surface area (Å²) in [7, 11) is 0. The minimum Gasteiger partial charge on any atom is -0.381 e. The summed E-state index contributed by atoms with van der Waals surface area (Å²) in [5.41, 5.74) is 5.35. The Hall–Kier alpha value is -0.770. The predicted octanol–water partition coefficient (Wildman–Crippen LogP) is 0.617. The van der Waals surface area contributed by atoms with E-state index in [-0.39, 0.29) is 12.4 Å². The van der Waals surface area contributed by atoms with E-state index in [0.29, 0.717) is 11.9 Å². The Bertz CT molecular complexity index is 217. The zero-order valence-corrected chi connectivity index (χ0v) is 6.21. The molecule has 1 aromatic heterocycles. The number of nitrogen functional groups attached to an aromatic ring is 1. The summed E-state index contributed by atoms with van der Waals surface area (Å²) < 4.78 is 1.83. The number of aromatic nitrogens is 3. The molecule has 0 spiro atoms. The number of halogens is 1. The molecule has 0 radical (unpaired) electrons. The summed E-state index contributed by atoms with van der Waals surface area (Å²) in [5.74, 6) is 0.516. The Morgan fingerprint density at radius 1 is 1.60 bits per heavy atom. The molecule has 1 heterocycles.